The molecule has 2 heterocycles. The van der Waals surface area contributed by atoms with E-state index < -0.39 is 12.1 Å². The van der Waals surface area contributed by atoms with Crippen LogP contribution in [0.5, 0.6) is 0 Å². The Balaban J connectivity index is 1.64. The maximum absolute atomic E-state index is 11.0. The summed E-state index contributed by atoms with van der Waals surface area (Å²) in [5.74, 6) is -0.592. The van der Waals surface area contributed by atoms with Crippen LogP contribution in [0.2, 0.25) is 0 Å². The molecule has 0 radical (unpaired) electrons. The monoisotopic (exact) mass is 312 g/mol. The number of fused-ring (bicyclic) bond motifs is 1. The molecule has 0 bridgehead atoms. The smallest absolute Gasteiger partial charge is 0.268 e. The predicted octanol–water partition coefficient (Wildman–Crippen LogP) is 2.22. The lowest BCUT2D eigenvalue weighted by atomic mass is 10.2. The molecule has 0 spiro atoms. The Labute approximate surface area is 134 Å². The zero-order chi connectivity index (χ0) is 16.4. The molecule has 2 aromatic heterocycles. The van der Waals surface area contributed by atoms with Gasteiger partial charge >= 0.3 is 0 Å². The van der Waals surface area contributed by atoms with Crippen LogP contribution in [0.4, 0.5) is 0 Å². The molecule has 1 atom stereocenters. The van der Waals surface area contributed by atoms with Crippen LogP contribution >= 0.6 is 0 Å². The standard InChI is InChI=1S/C17H20N4O2/c1-12-9-13-5-2-3-6-15(13)21(12)8-4-7-16(22)20-10-14(17(18)23)19-11-20/h2-3,5-6,9-11,16,22H,4,7-8H2,1H3,(H2,18,23). The lowest BCUT2D eigenvalue weighted by Gasteiger charge is -2.13. The van der Waals surface area contributed by atoms with Gasteiger partial charge in [-0.15, -0.1) is 0 Å². The lowest BCUT2D eigenvalue weighted by molar-refractivity contribution is 0.0904. The second-order valence-corrected chi connectivity index (χ2v) is 5.69. The number of aliphatic hydroxyl groups is 1. The Morgan fingerprint density at radius 3 is 2.91 bits per heavy atom. The van der Waals surface area contributed by atoms with Gasteiger partial charge in [0.1, 0.15) is 11.9 Å². The molecule has 23 heavy (non-hydrogen) atoms. The first-order valence-electron chi connectivity index (χ1n) is 7.62. The fourth-order valence-electron chi connectivity index (χ4n) is 2.85. The Kier molecular flexibility index (Phi) is 4.16. The third-order valence-corrected chi connectivity index (χ3v) is 4.06. The number of primary amides is 1. The van der Waals surface area contributed by atoms with Crippen molar-refractivity contribution in [3.8, 4) is 0 Å². The molecule has 3 aromatic rings. The van der Waals surface area contributed by atoms with Crippen molar-refractivity contribution in [3.63, 3.8) is 0 Å². The first-order chi connectivity index (χ1) is 11.1. The zero-order valence-corrected chi connectivity index (χ0v) is 13.0. The molecule has 0 saturated heterocycles. The van der Waals surface area contributed by atoms with Gasteiger partial charge in [-0.05, 0) is 37.3 Å². The van der Waals surface area contributed by atoms with Gasteiger partial charge in [0.15, 0.2) is 0 Å². The highest BCUT2D eigenvalue weighted by molar-refractivity contribution is 5.90. The molecule has 3 rings (SSSR count). The fourth-order valence-corrected chi connectivity index (χ4v) is 2.85. The van der Waals surface area contributed by atoms with Gasteiger partial charge in [-0.1, -0.05) is 18.2 Å². The molecule has 0 fully saturated rings. The molecule has 0 saturated carbocycles. The molecule has 120 valence electrons. The molecule has 1 unspecified atom stereocenters. The van der Waals surface area contributed by atoms with Gasteiger partial charge in [-0.25, -0.2) is 4.98 Å². The van der Waals surface area contributed by atoms with E-state index in [0.717, 1.165) is 13.0 Å². The number of hydrogen-bond donors (Lipinski definition) is 2. The van der Waals surface area contributed by atoms with Crippen LogP contribution < -0.4 is 5.73 Å². The van der Waals surface area contributed by atoms with Crippen LogP contribution in [-0.2, 0) is 6.54 Å². The van der Waals surface area contributed by atoms with Crippen LogP contribution in [0, 0.1) is 6.92 Å². The molecule has 0 aliphatic carbocycles. The number of amides is 1. The Morgan fingerprint density at radius 1 is 1.39 bits per heavy atom. The summed E-state index contributed by atoms with van der Waals surface area (Å²) >= 11 is 0. The van der Waals surface area contributed by atoms with Crippen molar-refractivity contribution < 1.29 is 9.90 Å². The van der Waals surface area contributed by atoms with Crippen molar-refractivity contribution in [2.45, 2.75) is 32.5 Å². The minimum atomic E-state index is -0.710. The van der Waals surface area contributed by atoms with Gasteiger partial charge in [0, 0.05) is 24.0 Å². The minimum absolute atomic E-state index is 0.163. The van der Waals surface area contributed by atoms with E-state index in [1.807, 2.05) is 12.1 Å². The van der Waals surface area contributed by atoms with E-state index >= 15 is 0 Å². The van der Waals surface area contributed by atoms with Gasteiger partial charge < -0.3 is 20.0 Å². The molecule has 3 N–H and O–H groups in total. The lowest BCUT2D eigenvalue weighted by Crippen LogP contribution is -2.12. The maximum Gasteiger partial charge on any atom is 0.268 e. The van der Waals surface area contributed by atoms with E-state index in [4.69, 9.17) is 5.73 Å². The average Bonchev–Trinajstić information content (AvgIpc) is 3.12. The topological polar surface area (TPSA) is 86.1 Å². The van der Waals surface area contributed by atoms with Crippen molar-refractivity contribution in [1.82, 2.24) is 14.1 Å². The number of aromatic nitrogens is 3. The van der Waals surface area contributed by atoms with Gasteiger partial charge in [0.25, 0.3) is 5.91 Å². The number of nitrogens with two attached hydrogens (primary N) is 1. The third kappa shape index (κ3) is 3.12. The van der Waals surface area contributed by atoms with E-state index in [9.17, 15) is 9.90 Å². The maximum atomic E-state index is 11.0. The minimum Gasteiger partial charge on any atom is -0.373 e. The Morgan fingerprint density at radius 2 is 2.17 bits per heavy atom. The van der Waals surface area contributed by atoms with E-state index in [1.54, 1.807) is 0 Å². The summed E-state index contributed by atoms with van der Waals surface area (Å²) in [6.45, 7) is 2.92. The number of carbonyl (C=O) groups is 1. The molecule has 1 amide bonds. The first kappa shape index (κ1) is 15.3. The molecule has 1 aromatic carbocycles. The first-order valence-corrected chi connectivity index (χ1v) is 7.62. The van der Waals surface area contributed by atoms with Gasteiger partial charge in [-0.3, -0.25) is 4.79 Å². The number of para-hydroxylation sites is 1. The number of imidazole rings is 1. The van der Waals surface area contributed by atoms with E-state index in [-0.39, 0.29) is 5.69 Å². The van der Waals surface area contributed by atoms with Crippen LogP contribution in [0.3, 0.4) is 0 Å². The summed E-state index contributed by atoms with van der Waals surface area (Å²) in [5, 5.41) is 11.4. The number of hydrogen-bond acceptors (Lipinski definition) is 3. The van der Waals surface area contributed by atoms with E-state index in [2.05, 4.69) is 34.7 Å². The third-order valence-electron chi connectivity index (χ3n) is 4.06. The number of aliphatic hydroxyl groups excluding tert-OH is 1. The SMILES string of the molecule is Cc1cc2ccccc2n1CCCC(O)n1cnc(C(N)=O)c1. The fraction of sp³-hybridized carbons (Fsp3) is 0.294. The van der Waals surface area contributed by atoms with Crippen molar-refractivity contribution in [2.24, 2.45) is 5.73 Å². The van der Waals surface area contributed by atoms with Crippen molar-refractivity contribution in [1.29, 1.82) is 0 Å². The Hall–Kier alpha value is -2.60. The number of nitrogens with zero attached hydrogens (tertiary/aromatic N) is 3. The Bertz CT molecular complexity index is 834. The second-order valence-electron chi connectivity index (χ2n) is 5.69. The van der Waals surface area contributed by atoms with Gasteiger partial charge in [0.05, 0.1) is 6.33 Å². The van der Waals surface area contributed by atoms with Crippen LogP contribution in [0.15, 0.2) is 42.9 Å². The van der Waals surface area contributed by atoms with Gasteiger partial charge in [0.2, 0.25) is 0 Å². The quantitative estimate of drug-likeness (QED) is 0.731. The summed E-state index contributed by atoms with van der Waals surface area (Å²) in [5.41, 5.74) is 7.74. The summed E-state index contributed by atoms with van der Waals surface area (Å²) in [4.78, 5) is 14.9. The normalized spacial score (nSPS) is 12.6. The van der Waals surface area contributed by atoms with E-state index in [1.165, 1.54) is 33.7 Å². The summed E-state index contributed by atoms with van der Waals surface area (Å²) in [6, 6.07) is 10.4. The molecule has 0 aliphatic heterocycles. The highest BCUT2D eigenvalue weighted by Gasteiger charge is 2.11. The summed E-state index contributed by atoms with van der Waals surface area (Å²) in [6.07, 6.45) is 3.58. The molecule has 0 aliphatic rings. The van der Waals surface area contributed by atoms with Crippen LogP contribution in [0.1, 0.15) is 35.3 Å². The molecule has 6 nitrogen and oxygen atoms in total. The van der Waals surface area contributed by atoms with E-state index in [0.29, 0.717) is 6.42 Å². The number of carbonyl (C=O) groups excluding carboxylic acids is 1. The van der Waals surface area contributed by atoms with Crippen LogP contribution in [0.25, 0.3) is 10.9 Å². The largest absolute Gasteiger partial charge is 0.373 e. The van der Waals surface area contributed by atoms with Crippen molar-refractivity contribution in [3.05, 3.63) is 54.2 Å². The number of benzene rings is 1. The summed E-state index contributed by atoms with van der Waals surface area (Å²) < 4.78 is 3.77. The average molecular weight is 312 g/mol. The van der Waals surface area contributed by atoms with Crippen molar-refractivity contribution in [2.75, 3.05) is 0 Å². The zero-order valence-electron chi connectivity index (χ0n) is 13.0. The summed E-state index contributed by atoms with van der Waals surface area (Å²) in [7, 11) is 0. The number of rotatable bonds is 6. The second kappa shape index (κ2) is 6.26. The molecule has 6 heteroatoms. The molecular weight excluding hydrogens is 292 g/mol. The van der Waals surface area contributed by atoms with Crippen molar-refractivity contribution >= 4 is 16.8 Å². The highest BCUT2D eigenvalue weighted by Crippen LogP contribution is 2.21. The highest BCUT2D eigenvalue weighted by atomic mass is 16.3. The predicted molar refractivity (Wildman–Crippen MR) is 87.9 cm³/mol. The van der Waals surface area contributed by atoms with Crippen LogP contribution in [-0.4, -0.2) is 25.1 Å². The molecular formula is C17H20N4O2. The number of aryl methyl sites for hydroxylation is 2. The van der Waals surface area contributed by atoms with Gasteiger partial charge in [-0.2, -0.15) is 0 Å².